The van der Waals surface area contributed by atoms with Crippen LogP contribution in [0.2, 0.25) is 0 Å². The van der Waals surface area contributed by atoms with Crippen LogP contribution in [0.25, 0.3) is 0 Å². The summed E-state index contributed by atoms with van der Waals surface area (Å²) in [5, 5.41) is 3.31. The lowest BCUT2D eigenvalue weighted by Gasteiger charge is -2.08. The highest BCUT2D eigenvalue weighted by molar-refractivity contribution is 5.26. The van der Waals surface area contributed by atoms with Crippen LogP contribution in [-0.4, -0.2) is 31.9 Å². The van der Waals surface area contributed by atoms with E-state index in [9.17, 15) is 0 Å². The van der Waals surface area contributed by atoms with Crippen molar-refractivity contribution < 1.29 is 9.47 Å². The van der Waals surface area contributed by atoms with Gasteiger partial charge in [0.15, 0.2) is 0 Å². The molecule has 0 aliphatic carbocycles. The van der Waals surface area contributed by atoms with Gasteiger partial charge >= 0.3 is 0 Å². The summed E-state index contributed by atoms with van der Waals surface area (Å²) in [7, 11) is 1.67. The largest absolute Gasteiger partial charge is 0.497 e. The average Bonchev–Trinajstić information content (AvgIpc) is 2.37. The minimum absolute atomic E-state index is 0.745. The number of aryl methyl sites for hydroxylation is 1. The highest BCUT2D eigenvalue weighted by Crippen LogP contribution is 2.12. The van der Waals surface area contributed by atoms with Crippen molar-refractivity contribution in [1.29, 1.82) is 0 Å². The van der Waals surface area contributed by atoms with Gasteiger partial charge in [-0.3, -0.25) is 4.98 Å². The Labute approximate surface area is 110 Å². The number of pyridine rings is 1. The molecule has 0 amide bonds. The molecule has 4 nitrogen and oxygen atoms in total. The lowest BCUT2D eigenvalue weighted by Crippen LogP contribution is -2.20. The minimum Gasteiger partial charge on any atom is -0.497 e. The van der Waals surface area contributed by atoms with Crippen LogP contribution in [0.1, 0.15) is 31.2 Å². The van der Waals surface area contributed by atoms with Gasteiger partial charge in [0, 0.05) is 37.5 Å². The molecule has 0 radical (unpaired) electrons. The first-order chi connectivity index (χ1) is 8.76. The second-order valence-electron chi connectivity index (χ2n) is 4.28. The lowest BCUT2D eigenvalue weighted by atomic mass is 10.3. The van der Waals surface area contributed by atoms with Crippen molar-refractivity contribution in [2.24, 2.45) is 0 Å². The van der Waals surface area contributed by atoms with Gasteiger partial charge in [0.05, 0.1) is 19.4 Å². The summed E-state index contributed by atoms with van der Waals surface area (Å²) >= 11 is 0. The number of rotatable bonds is 9. The Kier molecular flexibility index (Phi) is 7.37. The van der Waals surface area contributed by atoms with Crippen molar-refractivity contribution in [3.8, 4) is 5.75 Å². The van der Waals surface area contributed by atoms with E-state index in [0.717, 1.165) is 49.9 Å². The van der Waals surface area contributed by atoms with Crippen LogP contribution in [0, 0.1) is 6.92 Å². The maximum absolute atomic E-state index is 5.47. The number of nitrogens with one attached hydrogen (secondary N) is 1. The molecule has 0 atom stereocenters. The van der Waals surface area contributed by atoms with E-state index in [1.807, 2.05) is 19.1 Å². The summed E-state index contributed by atoms with van der Waals surface area (Å²) in [4.78, 5) is 4.45. The van der Waals surface area contributed by atoms with Crippen LogP contribution in [0.5, 0.6) is 5.75 Å². The van der Waals surface area contributed by atoms with Gasteiger partial charge in [-0.2, -0.15) is 0 Å². The van der Waals surface area contributed by atoms with Crippen LogP contribution in [0.4, 0.5) is 0 Å². The van der Waals surface area contributed by atoms with Crippen LogP contribution in [-0.2, 0) is 11.3 Å². The SMILES string of the molecule is CCCCOCCNCc1cc(OC)cc(C)n1. The molecule has 1 aromatic heterocycles. The third-order valence-corrected chi connectivity index (χ3v) is 2.59. The molecule has 0 spiro atoms. The van der Waals surface area contributed by atoms with E-state index in [4.69, 9.17) is 9.47 Å². The Balaban J connectivity index is 2.20. The molecule has 102 valence electrons. The molecule has 0 saturated heterocycles. The van der Waals surface area contributed by atoms with Crippen molar-refractivity contribution in [1.82, 2.24) is 10.3 Å². The van der Waals surface area contributed by atoms with Gasteiger partial charge in [0.25, 0.3) is 0 Å². The molecule has 1 rings (SSSR count). The van der Waals surface area contributed by atoms with E-state index < -0.39 is 0 Å². The molecular formula is C14H24N2O2. The summed E-state index contributed by atoms with van der Waals surface area (Å²) in [6.45, 7) is 7.34. The molecule has 0 aromatic carbocycles. The third-order valence-electron chi connectivity index (χ3n) is 2.59. The number of nitrogens with zero attached hydrogens (tertiary/aromatic N) is 1. The van der Waals surface area contributed by atoms with Gasteiger partial charge in [0.2, 0.25) is 0 Å². The Morgan fingerprint density at radius 2 is 2.11 bits per heavy atom. The number of ether oxygens (including phenoxy) is 2. The van der Waals surface area contributed by atoms with Crippen molar-refractivity contribution in [2.45, 2.75) is 33.2 Å². The predicted octanol–water partition coefficient (Wildman–Crippen LogP) is 2.30. The van der Waals surface area contributed by atoms with E-state index in [2.05, 4.69) is 17.2 Å². The maximum atomic E-state index is 5.47. The number of aromatic nitrogens is 1. The van der Waals surface area contributed by atoms with E-state index >= 15 is 0 Å². The zero-order chi connectivity index (χ0) is 13.2. The van der Waals surface area contributed by atoms with Gasteiger partial charge in [-0.15, -0.1) is 0 Å². The second-order valence-corrected chi connectivity index (χ2v) is 4.28. The number of methoxy groups -OCH3 is 1. The fourth-order valence-corrected chi connectivity index (χ4v) is 1.62. The zero-order valence-corrected chi connectivity index (χ0v) is 11.7. The Bertz CT molecular complexity index is 343. The Hall–Kier alpha value is -1.13. The van der Waals surface area contributed by atoms with Gasteiger partial charge in [0.1, 0.15) is 5.75 Å². The number of hydrogen-bond acceptors (Lipinski definition) is 4. The summed E-state index contributed by atoms with van der Waals surface area (Å²) < 4.78 is 10.7. The highest BCUT2D eigenvalue weighted by Gasteiger charge is 2.00. The zero-order valence-electron chi connectivity index (χ0n) is 11.7. The summed E-state index contributed by atoms with van der Waals surface area (Å²) in [5.74, 6) is 0.860. The molecule has 0 unspecified atom stereocenters. The minimum atomic E-state index is 0.745. The van der Waals surface area contributed by atoms with Gasteiger partial charge in [-0.25, -0.2) is 0 Å². The summed E-state index contributed by atoms with van der Waals surface area (Å²) in [6.07, 6.45) is 2.32. The number of hydrogen-bond donors (Lipinski definition) is 1. The maximum Gasteiger partial charge on any atom is 0.122 e. The van der Waals surface area contributed by atoms with Gasteiger partial charge in [-0.05, 0) is 13.3 Å². The van der Waals surface area contributed by atoms with Crippen LogP contribution in [0.15, 0.2) is 12.1 Å². The first-order valence-electron chi connectivity index (χ1n) is 6.56. The third kappa shape index (κ3) is 5.98. The monoisotopic (exact) mass is 252 g/mol. The Morgan fingerprint density at radius 1 is 1.28 bits per heavy atom. The fourth-order valence-electron chi connectivity index (χ4n) is 1.62. The summed E-state index contributed by atoms with van der Waals surface area (Å²) in [6, 6.07) is 3.88. The normalized spacial score (nSPS) is 10.6. The standard InChI is InChI=1S/C14H24N2O2/c1-4-5-7-18-8-6-15-11-13-10-14(17-3)9-12(2)16-13/h9-10,15H,4-8,11H2,1-3H3. The molecule has 1 aromatic rings. The molecule has 0 aliphatic rings. The molecule has 0 bridgehead atoms. The fraction of sp³-hybridized carbons (Fsp3) is 0.643. The molecule has 4 heteroatoms. The van der Waals surface area contributed by atoms with Crippen LogP contribution >= 0.6 is 0 Å². The van der Waals surface area contributed by atoms with Crippen LogP contribution < -0.4 is 10.1 Å². The van der Waals surface area contributed by atoms with Crippen LogP contribution in [0.3, 0.4) is 0 Å². The van der Waals surface area contributed by atoms with E-state index in [0.29, 0.717) is 0 Å². The van der Waals surface area contributed by atoms with Gasteiger partial charge in [-0.1, -0.05) is 13.3 Å². The van der Waals surface area contributed by atoms with Crippen molar-refractivity contribution in [3.05, 3.63) is 23.5 Å². The molecular weight excluding hydrogens is 228 g/mol. The van der Waals surface area contributed by atoms with Gasteiger partial charge < -0.3 is 14.8 Å². The van der Waals surface area contributed by atoms with Crippen molar-refractivity contribution in [2.75, 3.05) is 26.9 Å². The topological polar surface area (TPSA) is 43.4 Å². The van der Waals surface area contributed by atoms with E-state index in [-0.39, 0.29) is 0 Å². The van der Waals surface area contributed by atoms with Crippen molar-refractivity contribution in [3.63, 3.8) is 0 Å². The highest BCUT2D eigenvalue weighted by atomic mass is 16.5. The lowest BCUT2D eigenvalue weighted by molar-refractivity contribution is 0.133. The van der Waals surface area contributed by atoms with Crippen molar-refractivity contribution >= 4 is 0 Å². The smallest absolute Gasteiger partial charge is 0.122 e. The summed E-state index contributed by atoms with van der Waals surface area (Å²) in [5.41, 5.74) is 1.98. The first kappa shape index (κ1) is 14.9. The second kappa shape index (κ2) is 8.89. The molecule has 1 heterocycles. The Morgan fingerprint density at radius 3 is 2.83 bits per heavy atom. The van der Waals surface area contributed by atoms with E-state index in [1.165, 1.54) is 6.42 Å². The molecule has 1 N–H and O–H groups in total. The van der Waals surface area contributed by atoms with E-state index in [1.54, 1.807) is 7.11 Å². The predicted molar refractivity (Wildman–Crippen MR) is 73.0 cm³/mol. The first-order valence-corrected chi connectivity index (χ1v) is 6.56. The average molecular weight is 252 g/mol. The molecule has 0 fully saturated rings. The molecule has 0 saturated carbocycles. The number of unbranched alkanes of at least 4 members (excludes halogenated alkanes) is 1. The molecule has 0 aliphatic heterocycles. The molecule has 18 heavy (non-hydrogen) atoms. The quantitative estimate of drug-likeness (QED) is 0.685.